The fraction of sp³-hybridized carbons (Fsp3) is 0.0714. The maximum Gasteiger partial charge on any atom is 0.271 e. The minimum Gasteiger partial charge on any atom is -0.267 e. The van der Waals surface area contributed by atoms with Crippen LogP contribution in [0.15, 0.2) is 107 Å². The first-order valence-corrected chi connectivity index (χ1v) is 13.1. The van der Waals surface area contributed by atoms with Gasteiger partial charge in [-0.3, -0.25) is 9.10 Å². The molecule has 0 saturated carbocycles. The molecule has 0 fully saturated rings. The van der Waals surface area contributed by atoms with Gasteiger partial charge in [-0.2, -0.15) is 5.10 Å². The van der Waals surface area contributed by atoms with Crippen LogP contribution < -0.4 is 9.73 Å². The van der Waals surface area contributed by atoms with Crippen LogP contribution in [0.1, 0.15) is 27.0 Å². The molecule has 0 spiro atoms. The van der Waals surface area contributed by atoms with Gasteiger partial charge in [-0.15, -0.1) is 0 Å². The first kappa shape index (κ1) is 26.1. The molecular weight excluding hydrogens is 513 g/mol. The number of carbonyl (C=O) groups is 1. The van der Waals surface area contributed by atoms with E-state index in [1.165, 1.54) is 34.8 Å². The zero-order chi connectivity index (χ0) is 26.4. The maximum atomic E-state index is 13.6. The van der Waals surface area contributed by atoms with Crippen LogP contribution >= 0.6 is 11.6 Å². The third-order valence-electron chi connectivity index (χ3n) is 5.56. The summed E-state index contributed by atoms with van der Waals surface area (Å²) in [6.45, 7) is 1.85. The molecule has 4 rings (SSSR count). The fourth-order valence-electron chi connectivity index (χ4n) is 3.58. The Balaban J connectivity index is 1.55. The van der Waals surface area contributed by atoms with Gasteiger partial charge in [0.05, 0.1) is 23.3 Å². The van der Waals surface area contributed by atoms with E-state index in [1.54, 1.807) is 72.8 Å². The highest BCUT2D eigenvalue weighted by Crippen LogP contribution is 2.31. The molecule has 0 aliphatic carbocycles. The average Bonchev–Trinajstić information content (AvgIpc) is 2.90. The molecule has 4 aromatic rings. The normalized spacial score (nSPS) is 11.4. The monoisotopic (exact) mass is 535 g/mol. The van der Waals surface area contributed by atoms with Gasteiger partial charge in [-0.25, -0.2) is 18.2 Å². The van der Waals surface area contributed by atoms with Gasteiger partial charge >= 0.3 is 0 Å². The van der Waals surface area contributed by atoms with Gasteiger partial charge in [0, 0.05) is 10.6 Å². The number of hydrogen-bond donors (Lipinski definition) is 1. The van der Waals surface area contributed by atoms with E-state index in [2.05, 4.69) is 10.5 Å². The van der Waals surface area contributed by atoms with Crippen LogP contribution in [0.4, 0.5) is 10.1 Å². The number of nitrogens with zero attached hydrogens (tertiary/aromatic N) is 2. The maximum absolute atomic E-state index is 13.6. The second-order valence-electron chi connectivity index (χ2n) is 8.20. The zero-order valence-corrected chi connectivity index (χ0v) is 21.4. The van der Waals surface area contributed by atoms with Crippen LogP contribution in [0.25, 0.3) is 0 Å². The molecule has 0 bridgehead atoms. The Hall–Kier alpha value is -4.01. The van der Waals surface area contributed by atoms with Crippen LogP contribution in [-0.2, 0) is 16.6 Å². The molecule has 0 aliphatic rings. The Labute approximate surface area is 220 Å². The zero-order valence-electron chi connectivity index (χ0n) is 19.8. The van der Waals surface area contributed by atoms with Gasteiger partial charge in [0.25, 0.3) is 15.9 Å². The van der Waals surface area contributed by atoms with Crippen molar-refractivity contribution < 1.29 is 17.6 Å². The van der Waals surface area contributed by atoms with E-state index < -0.39 is 15.9 Å². The number of sulfonamides is 1. The molecule has 1 N–H and O–H groups in total. The average molecular weight is 536 g/mol. The third kappa shape index (κ3) is 6.41. The lowest BCUT2D eigenvalue weighted by atomic mass is 10.1. The van der Waals surface area contributed by atoms with E-state index >= 15 is 0 Å². The summed E-state index contributed by atoms with van der Waals surface area (Å²) in [6, 6.07) is 25.5. The fourth-order valence-corrected chi connectivity index (χ4v) is 5.27. The standard InChI is InChI=1S/C28H23ClFN3O3S/c1-20-7-14-24(29)17-27(20)33(37(35,36)26-5-3-2-4-6-26)19-22-8-12-23(13-9-22)28(34)32-31-18-21-10-15-25(30)16-11-21/h2-18H,19H2,1H3,(H,32,34)/b31-18-. The number of anilines is 1. The van der Waals surface area contributed by atoms with Crippen LogP contribution in [0.3, 0.4) is 0 Å². The largest absolute Gasteiger partial charge is 0.271 e. The predicted molar refractivity (Wildman–Crippen MR) is 144 cm³/mol. The lowest BCUT2D eigenvalue weighted by molar-refractivity contribution is 0.0955. The quantitative estimate of drug-likeness (QED) is 0.224. The van der Waals surface area contributed by atoms with Gasteiger partial charge in [0.1, 0.15) is 5.82 Å². The Kier molecular flexibility index (Phi) is 8.01. The minimum atomic E-state index is -3.91. The summed E-state index contributed by atoms with van der Waals surface area (Å²) in [5, 5.41) is 4.31. The predicted octanol–water partition coefficient (Wildman–Crippen LogP) is 5.95. The summed E-state index contributed by atoms with van der Waals surface area (Å²) in [4.78, 5) is 12.6. The van der Waals surface area contributed by atoms with Crippen molar-refractivity contribution in [2.45, 2.75) is 18.4 Å². The third-order valence-corrected chi connectivity index (χ3v) is 7.57. The Morgan fingerprint density at radius 1 is 0.973 bits per heavy atom. The number of hydrazone groups is 1. The highest BCUT2D eigenvalue weighted by molar-refractivity contribution is 7.92. The molecule has 0 unspecified atom stereocenters. The lowest BCUT2D eigenvalue weighted by Crippen LogP contribution is -2.31. The molecule has 37 heavy (non-hydrogen) atoms. The molecule has 4 aromatic carbocycles. The van der Waals surface area contributed by atoms with E-state index in [-0.39, 0.29) is 17.3 Å². The first-order valence-electron chi connectivity index (χ1n) is 11.3. The summed E-state index contributed by atoms with van der Waals surface area (Å²) in [5.41, 5.74) is 5.29. The molecule has 9 heteroatoms. The Morgan fingerprint density at radius 2 is 1.65 bits per heavy atom. The van der Waals surface area contributed by atoms with Crippen molar-refractivity contribution in [1.29, 1.82) is 0 Å². The molecule has 0 heterocycles. The number of amides is 1. The summed E-state index contributed by atoms with van der Waals surface area (Å²) < 4.78 is 41.5. The van der Waals surface area contributed by atoms with E-state index in [0.29, 0.717) is 27.4 Å². The van der Waals surface area contributed by atoms with E-state index in [9.17, 15) is 17.6 Å². The van der Waals surface area contributed by atoms with Crippen LogP contribution in [0.2, 0.25) is 5.02 Å². The molecule has 0 atom stereocenters. The molecule has 1 amide bonds. The SMILES string of the molecule is Cc1ccc(Cl)cc1N(Cc1ccc(C(=O)N/N=C\c2ccc(F)cc2)cc1)S(=O)(=O)c1ccccc1. The molecule has 188 valence electrons. The molecular formula is C28H23ClFN3O3S. The van der Waals surface area contributed by atoms with Crippen molar-refractivity contribution in [3.63, 3.8) is 0 Å². The number of nitrogens with one attached hydrogen (secondary N) is 1. The van der Waals surface area contributed by atoms with E-state index in [4.69, 9.17) is 11.6 Å². The number of hydrogen-bond acceptors (Lipinski definition) is 4. The topological polar surface area (TPSA) is 78.8 Å². The van der Waals surface area contributed by atoms with Crippen molar-refractivity contribution in [2.75, 3.05) is 4.31 Å². The van der Waals surface area contributed by atoms with Crippen LogP contribution in [0.5, 0.6) is 0 Å². The summed E-state index contributed by atoms with van der Waals surface area (Å²) >= 11 is 6.21. The van der Waals surface area contributed by atoms with E-state index in [1.807, 2.05) is 6.92 Å². The lowest BCUT2D eigenvalue weighted by Gasteiger charge is -2.26. The molecule has 0 saturated heterocycles. The number of carbonyl (C=O) groups excluding carboxylic acids is 1. The number of benzene rings is 4. The summed E-state index contributed by atoms with van der Waals surface area (Å²) in [6.07, 6.45) is 1.41. The number of rotatable bonds is 8. The van der Waals surface area contributed by atoms with Gasteiger partial charge in [0.2, 0.25) is 0 Å². The molecule has 0 aromatic heterocycles. The van der Waals surface area contributed by atoms with Crippen LogP contribution in [0, 0.1) is 12.7 Å². The smallest absolute Gasteiger partial charge is 0.267 e. The second kappa shape index (κ2) is 11.4. The molecule has 6 nitrogen and oxygen atoms in total. The molecule has 0 aliphatic heterocycles. The molecule has 0 radical (unpaired) electrons. The van der Waals surface area contributed by atoms with Crippen molar-refractivity contribution in [2.24, 2.45) is 5.10 Å². The van der Waals surface area contributed by atoms with Gasteiger partial charge in [-0.1, -0.05) is 60.1 Å². The van der Waals surface area contributed by atoms with Gasteiger partial charge < -0.3 is 0 Å². The number of aryl methyl sites for hydroxylation is 1. The summed E-state index contributed by atoms with van der Waals surface area (Å²) in [7, 11) is -3.91. The minimum absolute atomic E-state index is 0.0308. The summed E-state index contributed by atoms with van der Waals surface area (Å²) in [5.74, 6) is -0.800. The highest BCUT2D eigenvalue weighted by Gasteiger charge is 2.26. The van der Waals surface area contributed by atoms with Crippen molar-refractivity contribution >= 4 is 39.4 Å². The number of halogens is 2. The van der Waals surface area contributed by atoms with Crippen molar-refractivity contribution in [3.05, 3.63) is 130 Å². The van der Waals surface area contributed by atoms with Gasteiger partial charge in [-0.05, 0) is 72.1 Å². The highest BCUT2D eigenvalue weighted by atomic mass is 35.5. The van der Waals surface area contributed by atoms with Gasteiger partial charge in [0.15, 0.2) is 0 Å². The van der Waals surface area contributed by atoms with Crippen molar-refractivity contribution in [3.8, 4) is 0 Å². The Morgan fingerprint density at radius 3 is 2.32 bits per heavy atom. The van der Waals surface area contributed by atoms with Crippen LogP contribution in [-0.4, -0.2) is 20.5 Å². The first-order chi connectivity index (χ1) is 17.7. The van der Waals surface area contributed by atoms with E-state index in [0.717, 1.165) is 5.56 Å². The Bertz CT molecular complexity index is 1530. The second-order valence-corrected chi connectivity index (χ2v) is 10.5. The van der Waals surface area contributed by atoms with Crippen molar-refractivity contribution in [1.82, 2.24) is 5.43 Å².